The number of rotatable bonds is 3. The Hall–Kier alpha value is -2.47. The summed E-state index contributed by atoms with van der Waals surface area (Å²) in [5.74, 6) is 1.52. The Balaban J connectivity index is 1.91. The van der Waals surface area contributed by atoms with Crippen LogP contribution in [0.3, 0.4) is 0 Å². The number of nitrogens with zero attached hydrogens (tertiary/aromatic N) is 3. The molecule has 18 heavy (non-hydrogen) atoms. The molecule has 3 rings (SSSR count). The summed E-state index contributed by atoms with van der Waals surface area (Å²) in [5, 5.41) is 3.84. The third kappa shape index (κ3) is 1.89. The first-order valence-electron chi connectivity index (χ1n) is 5.40. The van der Waals surface area contributed by atoms with Crippen molar-refractivity contribution in [1.29, 1.82) is 0 Å². The quantitative estimate of drug-likeness (QED) is 0.753. The van der Waals surface area contributed by atoms with Gasteiger partial charge in [0.15, 0.2) is 0 Å². The van der Waals surface area contributed by atoms with Gasteiger partial charge < -0.3 is 14.7 Å². The summed E-state index contributed by atoms with van der Waals surface area (Å²) in [6, 6.07) is 7.54. The van der Waals surface area contributed by atoms with Gasteiger partial charge in [0.1, 0.15) is 6.26 Å². The highest BCUT2D eigenvalue weighted by Gasteiger charge is 2.08. The summed E-state index contributed by atoms with van der Waals surface area (Å²) in [6.07, 6.45) is 3.14. The summed E-state index contributed by atoms with van der Waals surface area (Å²) in [4.78, 5) is 8.22. The first-order chi connectivity index (χ1) is 8.86. The maximum Gasteiger partial charge on any atom is 0.240 e. The largest absolute Gasteiger partial charge is 0.445 e. The van der Waals surface area contributed by atoms with Crippen molar-refractivity contribution < 1.29 is 8.94 Å². The van der Waals surface area contributed by atoms with E-state index in [0.29, 0.717) is 17.6 Å². The van der Waals surface area contributed by atoms with Crippen LogP contribution in [0.25, 0.3) is 22.8 Å². The zero-order chi connectivity index (χ0) is 12.4. The molecule has 0 saturated heterocycles. The number of oxazole rings is 1. The van der Waals surface area contributed by atoms with E-state index in [1.807, 2.05) is 24.3 Å². The minimum absolute atomic E-state index is 0.237. The van der Waals surface area contributed by atoms with Gasteiger partial charge in [-0.15, -0.1) is 0 Å². The highest BCUT2D eigenvalue weighted by molar-refractivity contribution is 5.61. The van der Waals surface area contributed by atoms with Crippen LogP contribution < -0.4 is 5.73 Å². The summed E-state index contributed by atoms with van der Waals surface area (Å²) in [5.41, 5.74) is 7.16. The third-order valence-electron chi connectivity index (χ3n) is 2.47. The molecule has 0 aliphatic heterocycles. The zero-order valence-corrected chi connectivity index (χ0v) is 9.41. The van der Waals surface area contributed by atoms with Crippen LogP contribution in [0.15, 0.2) is 45.7 Å². The Bertz CT molecular complexity index is 628. The average molecular weight is 242 g/mol. The molecule has 90 valence electrons. The Labute approximate surface area is 102 Å². The third-order valence-corrected chi connectivity index (χ3v) is 2.47. The summed E-state index contributed by atoms with van der Waals surface area (Å²) in [6.45, 7) is 0.237. The van der Waals surface area contributed by atoms with Gasteiger partial charge >= 0.3 is 0 Å². The summed E-state index contributed by atoms with van der Waals surface area (Å²) >= 11 is 0. The second-order valence-electron chi connectivity index (χ2n) is 3.63. The van der Waals surface area contributed by atoms with Crippen LogP contribution >= 0.6 is 0 Å². The lowest BCUT2D eigenvalue weighted by Gasteiger charge is -1.97. The van der Waals surface area contributed by atoms with Gasteiger partial charge in [-0.1, -0.05) is 17.3 Å². The first-order valence-corrected chi connectivity index (χ1v) is 5.40. The molecule has 0 radical (unpaired) electrons. The maximum atomic E-state index is 5.41. The SMILES string of the molecule is NCc1nc(-c2ccc(-c3ncco3)cc2)no1. The van der Waals surface area contributed by atoms with Crippen molar-refractivity contribution in [2.24, 2.45) is 5.73 Å². The molecule has 2 heterocycles. The van der Waals surface area contributed by atoms with Crippen LogP contribution in [0, 0.1) is 0 Å². The molecule has 6 heteroatoms. The number of hydrogen-bond acceptors (Lipinski definition) is 6. The van der Waals surface area contributed by atoms with E-state index in [1.54, 1.807) is 6.20 Å². The van der Waals surface area contributed by atoms with Gasteiger partial charge in [0, 0.05) is 11.1 Å². The van der Waals surface area contributed by atoms with Gasteiger partial charge in [0.2, 0.25) is 17.6 Å². The van der Waals surface area contributed by atoms with Crippen molar-refractivity contribution in [3.05, 3.63) is 42.6 Å². The molecule has 0 spiro atoms. The number of hydrogen-bond donors (Lipinski definition) is 1. The van der Waals surface area contributed by atoms with Gasteiger partial charge in [-0.05, 0) is 12.1 Å². The Kier molecular flexibility index (Phi) is 2.62. The van der Waals surface area contributed by atoms with Crippen molar-refractivity contribution in [3.8, 4) is 22.8 Å². The Morgan fingerprint density at radius 2 is 1.89 bits per heavy atom. The van der Waals surface area contributed by atoms with Crippen molar-refractivity contribution in [3.63, 3.8) is 0 Å². The number of aromatic nitrogens is 3. The van der Waals surface area contributed by atoms with Crippen LogP contribution in [0.5, 0.6) is 0 Å². The van der Waals surface area contributed by atoms with E-state index < -0.39 is 0 Å². The molecule has 2 N–H and O–H groups in total. The van der Waals surface area contributed by atoms with E-state index in [4.69, 9.17) is 14.7 Å². The summed E-state index contributed by atoms with van der Waals surface area (Å²) in [7, 11) is 0. The standard InChI is InChI=1S/C12H10N4O2/c13-7-10-15-11(16-18-10)8-1-3-9(4-2-8)12-14-5-6-17-12/h1-6H,7,13H2. The topological polar surface area (TPSA) is 91.0 Å². The predicted octanol–water partition coefficient (Wildman–Crippen LogP) is 1.85. The monoisotopic (exact) mass is 242 g/mol. The Morgan fingerprint density at radius 1 is 1.11 bits per heavy atom. The minimum Gasteiger partial charge on any atom is -0.445 e. The van der Waals surface area contributed by atoms with Gasteiger partial charge in [-0.2, -0.15) is 4.98 Å². The van der Waals surface area contributed by atoms with Gasteiger partial charge in [-0.3, -0.25) is 0 Å². The van der Waals surface area contributed by atoms with E-state index in [1.165, 1.54) is 6.26 Å². The lowest BCUT2D eigenvalue weighted by Crippen LogP contribution is -1.95. The van der Waals surface area contributed by atoms with Crippen molar-refractivity contribution in [1.82, 2.24) is 15.1 Å². The predicted molar refractivity (Wildman–Crippen MR) is 63.1 cm³/mol. The highest BCUT2D eigenvalue weighted by atomic mass is 16.5. The van der Waals surface area contributed by atoms with Gasteiger partial charge in [-0.25, -0.2) is 4.98 Å². The molecule has 0 atom stereocenters. The fraction of sp³-hybridized carbons (Fsp3) is 0.0833. The molecular weight excluding hydrogens is 232 g/mol. The van der Waals surface area contributed by atoms with E-state index >= 15 is 0 Å². The molecule has 0 saturated carbocycles. The van der Waals surface area contributed by atoms with Crippen LogP contribution in [-0.4, -0.2) is 15.1 Å². The Morgan fingerprint density at radius 3 is 2.50 bits per heavy atom. The van der Waals surface area contributed by atoms with E-state index in [2.05, 4.69) is 15.1 Å². The van der Waals surface area contributed by atoms with Crippen molar-refractivity contribution in [2.75, 3.05) is 0 Å². The smallest absolute Gasteiger partial charge is 0.240 e. The van der Waals surface area contributed by atoms with Crippen LogP contribution in [0.2, 0.25) is 0 Å². The molecule has 0 amide bonds. The molecule has 0 fully saturated rings. The fourth-order valence-corrected chi connectivity index (χ4v) is 1.58. The van der Waals surface area contributed by atoms with Crippen LogP contribution in [0.1, 0.15) is 5.89 Å². The van der Waals surface area contributed by atoms with E-state index in [-0.39, 0.29) is 6.54 Å². The molecule has 3 aromatic rings. The first kappa shape index (κ1) is 10.7. The molecule has 6 nitrogen and oxygen atoms in total. The van der Waals surface area contributed by atoms with Gasteiger partial charge in [0.05, 0.1) is 12.7 Å². The van der Waals surface area contributed by atoms with Crippen LogP contribution in [0.4, 0.5) is 0 Å². The zero-order valence-electron chi connectivity index (χ0n) is 9.41. The number of nitrogens with two attached hydrogens (primary N) is 1. The van der Waals surface area contributed by atoms with Crippen molar-refractivity contribution >= 4 is 0 Å². The minimum atomic E-state index is 0.237. The van der Waals surface area contributed by atoms with E-state index in [9.17, 15) is 0 Å². The van der Waals surface area contributed by atoms with Crippen LogP contribution in [-0.2, 0) is 6.54 Å². The lowest BCUT2D eigenvalue weighted by atomic mass is 10.1. The van der Waals surface area contributed by atoms with E-state index in [0.717, 1.165) is 11.1 Å². The highest BCUT2D eigenvalue weighted by Crippen LogP contribution is 2.21. The average Bonchev–Trinajstić information content (AvgIpc) is 3.10. The lowest BCUT2D eigenvalue weighted by molar-refractivity contribution is 0.380. The molecule has 1 aromatic carbocycles. The molecule has 0 aliphatic rings. The molecule has 0 aliphatic carbocycles. The van der Waals surface area contributed by atoms with Gasteiger partial charge in [0.25, 0.3) is 0 Å². The summed E-state index contributed by atoms with van der Waals surface area (Å²) < 4.78 is 10.2. The maximum absolute atomic E-state index is 5.41. The fourth-order valence-electron chi connectivity index (χ4n) is 1.58. The molecule has 0 unspecified atom stereocenters. The van der Waals surface area contributed by atoms with Crippen molar-refractivity contribution in [2.45, 2.75) is 6.54 Å². The molecular formula is C12H10N4O2. The second-order valence-corrected chi connectivity index (χ2v) is 3.63. The normalized spacial score (nSPS) is 10.7. The number of benzene rings is 1. The second kappa shape index (κ2) is 4.42. The molecule has 0 bridgehead atoms. The molecule has 2 aromatic heterocycles.